The second-order valence-corrected chi connectivity index (χ2v) is 9.54. The first-order valence-corrected chi connectivity index (χ1v) is 10.4. The second kappa shape index (κ2) is 5.81. The number of alkyl halides is 1. The number of hydrogen-bond acceptors (Lipinski definition) is 2. The molecule has 0 saturated heterocycles. The number of carbonyl (C=O) groups is 2. The Balaban J connectivity index is 1.68. The highest BCUT2D eigenvalue weighted by atomic mass is 35.5. The van der Waals surface area contributed by atoms with Gasteiger partial charge < -0.3 is 0 Å². The summed E-state index contributed by atoms with van der Waals surface area (Å²) in [5.41, 5.74) is 2.54. The van der Waals surface area contributed by atoms with Gasteiger partial charge in [0.05, 0.1) is 5.88 Å². The van der Waals surface area contributed by atoms with E-state index in [-0.39, 0.29) is 34.2 Å². The Morgan fingerprint density at radius 1 is 1.20 bits per heavy atom. The Morgan fingerprint density at radius 2 is 1.96 bits per heavy atom. The quantitative estimate of drug-likeness (QED) is 0.641. The van der Waals surface area contributed by atoms with E-state index in [1.54, 1.807) is 0 Å². The van der Waals surface area contributed by atoms with Crippen LogP contribution in [0.3, 0.4) is 0 Å². The van der Waals surface area contributed by atoms with Crippen molar-refractivity contribution in [2.24, 2.45) is 34.5 Å². The molecule has 0 spiro atoms. The van der Waals surface area contributed by atoms with Gasteiger partial charge >= 0.3 is 0 Å². The van der Waals surface area contributed by atoms with Gasteiger partial charge in [-0.2, -0.15) is 0 Å². The number of allylic oxidation sites excluding steroid dienone is 4. The average molecular weight is 361 g/mol. The smallest absolute Gasteiger partial charge is 0.181 e. The van der Waals surface area contributed by atoms with E-state index in [2.05, 4.69) is 19.9 Å². The Morgan fingerprint density at radius 3 is 2.68 bits per heavy atom. The zero-order chi connectivity index (χ0) is 18.0. The van der Waals surface area contributed by atoms with Gasteiger partial charge in [-0.15, -0.1) is 11.6 Å². The van der Waals surface area contributed by atoms with Gasteiger partial charge in [0.15, 0.2) is 11.6 Å². The van der Waals surface area contributed by atoms with Crippen LogP contribution in [0.15, 0.2) is 23.3 Å². The molecule has 3 saturated carbocycles. The maximum Gasteiger partial charge on any atom is 0.181 e. The molecule has 0 aromatic carbocycles. The van der Waals surface area contributed by atoms with Crippen LogP contribution in [-0.4, -0.2) is 17.4 Å². The summed E-state index contributed by atoms with van der Waals surface area (Å²) in [5.74, 6) is 2.69. The van der Waals surface area contributed by atoms with Crippen molar-refractivity contribution >= 4 is 23.2 Å². The Kier molecular flexibility index (Phi) is 4.07. The molecule has 0 N–H and O–H groups in total. The van der Waals surface area contributed by atoms with Gasteiger partial charge in [-0.25, -0.2) is 0 Å². The SMILES string of the molecule is CC1=C2CC[C@H]3[C@@H]4CC[C@H](C(=O)CCl)[C@@]4(C)CC[C@@H]3[C@@]2(C)C=CC1=O. The molecule has 4 aliphatic carbocycles. The molecule has 0 unspecified atom stereocenters. The van der Waals surface area contributed by atoms with Crippen LogP contribution in [0.4, 0.5) is 0 Å². The summed E-state index contributed by atoms with van der Waals surface area (Å²) in [6, 6.07) is 0. The lowest BCUT2D eigenvalue weighted by atomic mass is 9.47. The van der Waals surface area contributed by atoms with Crippen LogP contribution in [0.25, 0.3) is 0 Å². The summed E-state index contributed by atoms with van der Waals surface area (Å²) in [5, 5.41) is 0. The van der Waals surface area contributed by atoms with E-state index in [4.69, 9.17) is 11.6 Å². The molecule has 6 atom stereocenters. The molecule has 0 heterocycles. The topological polar surface area (TPSA) is 34.1 Å². The summed E-state index contributed by atoms with van der Waals surface area (Å²) in [4.78, 5) is 24.6. The van der Waals surface area contributed by atoms with E-state index in [0.717, 1.165) is 31.3 Å². The van der Waals surface area contributed by atoms with E-state index < -0.39 is 0 Å². The fraction of sp³-hybridized carbons (Fsp3) is 0.727. The highest BCUT2D eigenvalue weighted by Gasteiger charge is 2.59. The van der Waals surface area contributed by atoms with Crippen molar-refractivity contribution < 1.29 is 9.59 Å². The number of halogens is 1. The van der Waals surface area contributed by atoms with Crippen molar-refractivity contribution in [1.82, 2.24) is 0 Å². The van der Waals surface area contributed by atoms with Gasteiger partial charge in [0, 0.05) is 11.3 Å². The van der Waals surface area contributed by atoms with Crippen LogP contribution in [0, 0.1) is 34.5 Å². The van der Waals surface area contributed by atoms with Crippen molar-refractivity contribution in [1.29, 1.82) is 0 Å². The van der Waals surface area contributed by atoms with Gasteiger partial charge in [-0.1, -0.05) is 25.5 Å². The lowest BCUT2D eigenvalue weighted by molar-refractivity contribution is -0.127. The molecule has 0 aromatic heterocycles. The van der Waals surface area contributed by atoms with Crippen LogP contribution >= 0.6 is 11.6 Å². The second-order valence-electron chi connectivity index (χ2n) is 9.27. The lowest BCUT2D eigenvalue weighted by Crippen LogP contribution is -2.50. The lowest BCUT2D eigenvalue weighted by Gasteiger charge is -2.57. The molecule has 0 radical (unpaired) electrons. The van der Waals surface area contributed by atoms with Crippen LogP contribution in [0.2, 0.25) is 0 Å². The highest BCUT2D eigenvalue weighted by molar-refractivity contribution is 6.28. The minimum atomic E-state index is 0.0385. The summed E-state index contributed by atoms with van der Waals surface area (Å²) in [7, 11) is 0. The van der Waals surface area contributed by atoms with Gasteiger partial charge in [0.2, 0.25) is 0 Å². The van der Waals surface area contributed by atoms with Crippen LogP contribution in [0.5, 0.6) is 0 Å². The largest absolute Gasteiger partial charge is 0.298 e. The van der Waals surface area contributed by atoms with Crippen molar-refractivity contribution in [2.75, 3.05) is 5.88 Å². The number of rotatable bonds is 2. The first-order chi connectivity index (χ1) is 11.8. The van der Waals surface area contributed by atoms with Crippen LogP contribution < -0.4 is 0 Å². The zero-order valence-electron chi connectivity index (χ0n) is 15.6. The summed E-state index contributed by atoms with van der Waals surface area (Å²) < 4.78 is 0. The molecule has 4 rings (SSSR count). The van der Waals surface area contributed by atoms with E-state index in [1.807, 2.05) is 13.0 Å². The molecule has 2 nitrogen and oxygen atoms in total. The summed E-state index contributed by atoms with van der Waals surface area (Å²) in [6.45, 7) is 6.72. The first-order valence-electron chi connectivity index (χ1n) is 9.85. The molecule has 25 heavy (non-hydrogen) atoms. The molecule has 136 valence electrons. The summed E-state index contributed by atoms with van der Waals surface area (Å²) >= 11 is 5.91. The highest BCUT2D eigenvalue weighted by Crippen LogP contribution is 2.66. The predicted octanol–water partition coefficient (Wildman–Crippen LogP) is 5.11. The normalized spacial score (nSPS) is 45.8. The zero-order valence-corrected chi connectivity index (χ0v) is 16.4. The third-order valence-corrected chi connectivity index (χ3v) is 8.77. The van der Waals surface area contributed by atoms with Crippen molar-refractivity contribution in [2.45, 2.75) is 59.3 Å². The Bertz CT molecular complexity index is 690. The molecule has 0 bridgehead atoms. The van der Waals surface area contributed by atoms with Gasteiger partial charge in [0.25, 0.3) is 0 Å². The van der Waals surface area contributed by atoms with E-state index in [1.165, 1.54) is 18.4 Å². The number of ketones is 2. The third kappa shape index (κ3) is 2.29. The molecule has 3 fully saturated rings. The van der Waals surface area contributed by atoms with E-state index in [9.17, 15) is 9.59 Å². The average Bonchev–Trinajstić information content (AvgIpc) is 2.95. The van der Waals surface area contributed by atoms with Crippen LogP contribution in [-0.2, 0) is 9.59 Å². The first kappa shape index (κ1) is 17.5. The fourth-order valence-corrected chi connectivity index (χ4v) is 7.39. The number of fused-ring (bicyclic) bond motifs is 5. The molecule has 0 aromatic rings. The van der Waals surface area contributed by atoms with E-state index in [0.29, 0.717) is 17.8 Å². The monoisotopic (exact) mass is 360 g/mol. The molecule has 0 aliphatic heterocycles. The minimum Gasteiger partial charge on any atom is -0.298 e. The maximum absolute atomic E-state index is 12.4. The number of hydrogen-bond donors (Lipinski definition) is 0. The minimum absolute atomic E-state index is 0.0385. The molecular weight excluding hydrogens is 332 g/mol. The van der Waals surface area contributed by atoms with Gasteiger partial charge in [0.1, 0.15) is 0 Å². The van der Waals surface area contributed by atoms with Crippen LogP contribution in [0.1, 0.15) is 59.3 Å². The molecular formula is C22H29ClO2. The van der Waals surface area contributed by atoms with Gasteiger partial charge in [-0.05, 0) is 80.3 Å². The van der Waals surface area contributed by atoms with Crippen molar-refractivity contribution in [3.63, 3.8) is 0 Å². The standard InChI is InChI=1S/C22H29ClO2/c1-13-15-5-4-14-16-6-7-18(20(25)12-23)22(16,3)10-8-17(14)21(15,2)11-9-19(13)24/h9,11,14,16-18H,4-8,10,12H2,1-3H3/t14-,16-,17-,18+,21-,22-/m0/s1. The maximum atomic E-state index is 12.4. The summed E-state index contributed by atoms with van der Waals surface area (Å²) in [6.07, 6.45) is 10.7. The third-order valence-electron chi connectivity index (χ3n) is 8.51. The molecule has 3 heteroatoms. The number of Topliss-reactive ketones (excluding diaryl/α,β-unsaturated/α-hetero) is 1. The Hall–Kier alpha value is -0.890. The van der Waals surface area contributed by atoms with Gasteiger partial charge in [-0.3, -0.25) is 9.59 Å². The van der Waals surface area contributed by atoms with E-state index >= 15 is 0 Å². The molecule has 0 amide bonds. The Labute approximate surface area is 156 Å². The fourth-order valence-electron chi connectivity index (χ4n) is 7.20. The van der Waals surface area contributed by atoms with Crippen molar-refractivity contribution in [3.8, 4) is 0 Å². The predicted molar refractivity (Wildman–Crippen MR) is 100 cm³/mol. The number of carbonyl (C=O) groups excluding carboxylic acids is 2. The van der Waals surface area contributed by atoms with Crippen molar-refractivity contribution in [3.05, 3.63) is 23.3 Å². The molecule has 4 aliphatic rings.